The molecule has 0 aliphatic carbocycles. The summed E-state index contributed by atoms with van der Waals surface area (Å²) in [6, 6.07) is 10.00. The molecule has 0 N–H and O–H groups in total. The summed E-state index contributed by atoms with van der Waals surface area (Å²) in [6.07, 6.45) is 3.52. The minimum Gasteiger partial charge on any atom is -0.266 e. The molecule has 100 valence electrons. The Balaban J connectivity index is 1.94. The highest BCUT2D eigenvalue weighted by molar-refractivity contribution is 5.54. The Bertz CT molecular complexity index is 757. The molecule has 0 aliphatic heterocycles. The topological polar surface area (TPSA) is 78.8 Å². The van der Waals surface area contributed by atoms with Gasteiger partial charge in [0.05, 0.1) is 16.3 Å². The van der Waals surface area contributed by atoms with Gasteiger partial charge in [0.25, 0.3) is 5.69 Å². The largest absolute Gasteiger partial charge is 0.269 e. The van der Waals surface area contributed by atoms with Gasteiger partial charge in [0.2, 0.25) is 0 Å². The summed E-state index contributed by atoms with van der Waals surface area (Å²) in [5, 5.41) is 19.2. The van der Waals surface area contributed by atoms with Gasteiger partial charge in [0.15, 0.2) is 0 Å². The van der Waals surface area contributed by atoms with E-state index in [1.165, 1.54) is 12.1 Å². The standard InChI is InChI=1S/C13H11N5O2/c1-16-13(6-8-14-16)12-7-9-17(15-12)10-2-4-11(5-3-10)18(19)20/h2-9H,1H3. The van der Waals surface area contributed by atoms with Gasteiger partial charge >= 0.3 is 0 Å². The minimum absolute atomic E-state index is 0.0627. The van der Waals surface area contributed by atoms with E-state index in [4.69, 9.17) is 0 Å². The second-order valence-corrected chi connectivity index (χ2v) is 4.26. The molecule has 0 amide bonds. The van der Waals surface area contributed by atoms with Gasteiger partial charge in [-0.25, -0.2) is 4.68 Å². The van der Waals surface area contributed by atoms with Crippen LogP contribution in [0.2, 0.25) is 0 Å². The van der Waals surface area contributed by atoms with Crippen LogP contribution in [0.3, 0.4) is 0 Å². The maximum absolute atomic E-state index is 10.6. The molecule has 0 unspecified atom stereocenters. The van der Waals surface area contributed by atoms with Crippen LogP contribution in [0.4, 0.5) is 5.69 Å². The average Bonchev–Trinajstić information content (AvgIpc) is 3.07. The molecule has 0 bridgehead atoms. The van der Waals surface area contributed by atoms with E-state index in [0.717, 1.165) is 17.1 Å². The molecule has 1 aromatic carbocycles. The van der Waals surface area contributed by atoms with Crippen molar-refractivity contribution in [1.29, 1.82) is 0 Å². The van der Waals surface area contributed by atoms with Crippen LogP contribution < -0.4 is 0 Å². The van der Waals surface area contributed by atoms with E-state index >= 15 is 0 Å². The van der Waals surface area contributed by atoms with E-state index in [9.17, 15) is 10.1 Å². The fraction of sp³-hybridized carbons (Fsp3) is 0.0769. The van der Waals surface area contributed by atoms with Crippen molar-refractivity contribution >= 4 is 5.69 Å². The molecule has 0 radical (unpaired) electrons. The van der Waals surface area contributed by atoms with Crippen molar-refractivity contribution in [2.45, 2.75) is 0 Å². The first-order valence-corrected chi connectivity index (χ1v) is 5.94. The molecule has 20 heavy (non-hydrogen) atoms. The highest BCUT2D eigenvalue weighted by atomic mass is 16.6. The molecule has 7 nitrogen and oxygen atoms in total. The summed E-state index contributed by atoms with van der Waals surface area (Å²) in [5.41, 5.74) is 2.53. The van der Waals surface area contributed by atoms with Gasteiger partial charge in [-0.05, 0) is 24.3 Å². The SMILES string of the molecule is Cn1nccc1-c1ccn(-c2ccc([N+](=O)[O-])cc2)n1. The summed E-state index contributed by atoms with van der Waals surface area (Å²) < 4.78 is 3.41. The van der Waals surface area contributed by atoms with Gasteiger partial charge in [-0.3, -0.25) is 14.8 Å². The molecule has 3 rings (SSSR count). The molecule has 0 aliphatic rings. The van der Waals surface area contributed by atoms with Gasteiger partial charge in [-0.1, -0.05) is 0 Å². The number of non-ortho nitro benzene ring substituents is 1. The van der Waals surface area contributed by atoms with E-state index in [1.807, 2.05) is 25.4 Å². The van der Waals surface area contributed by atoms with Crippen molar-refractivity contribution in [2.24, 2.45) is 7.05 Å². The van der Waals surface area contributed by atoms with Crippen LogP contribution in [0.25, 0.3) is 17.1 Å². The molecule has 0 atom stereocenters. The lowest BCUT2D eigenvalue weighted by Crippen LogP contribution is -1.97. The maximum Gasteiger partial charge on any atom is 0.269 e. The van der Waals surface area contributed by atoms with Crippen LogP contribution in [-0.2, 0) is 7.05 Å². The van der Waals surface area contributed by atoms with Gasteiger partial charge < -0.3 is 0 Å². The number of hydrogen-bond acceptors (Lipinski definition) is 4. The van der Waals surface area contributed by atoms with Gasteiger partial charge in [-0.2, -0.15) is 10.2 Å². The van der Waals surface area contributed by atoms with Gasteiger partial charge in [0.1, 0.15) is 5.69 Å². The fourth-order valence-corrected chi connectivity index (χ4v) is 1.96. The number of aromatic nitrogens is 4. The number of rotatable bonds is 3. The number of hydrogen-bond donors (Lipinski definition) is 0. The Kier molecular flexibility index (Phi) is 2.79. The van der Waals surface area contributed by atoms with Crippen molar-refractivity contribution < 1.29 is 4.92 Å². The quantitative estimate of drug-likeness (QED) is 0.539. The zero-order valence-electron chi connectivity index (χ0n) is 10.7. The molecule has 2 heterocycles. The van der Waals surface area contributed by atoms with E-state index in [1.54, 1.807) is 27.7 Å². The Morgan fingerprint density at radius 2 is 1.90 bits per heavy atom. The lowest BCUT2D eigenvalue weighted by Gasteiger charge is -2.01. The van der Waals surface area contributed by atoms with E-state index < -0.39 is 4.92 Å². The van der Waals surface area contributed by atoms with Crippen LogP contribution in [0.15, 0.2) is 48.8 Å². The van der Waals surface area contributed by atoms with E-state index in [0.29, 0.717) is 0 Å². The summed E-state index contributed by atoms with van der Waals surface area (Å²) in [5.74, 6) is 0. The van der Waals surface area contributed by atoms with Crippen molar-refractivity contribution in [1.82, 2.24) is 19.6 Å². The molecule has 2 aromatic heterocycles. The Labute approximate surface area is 114 Å². The first kappa shape index (κ1) is 12.1. The lowest BCUT2D eigenvalue weighted by molar-refractivity contribution is -0.384. The third-order valence-corrected chi connectivity index (χ3v) is 3.00. The molecule has 0 saturated heterocycles. The third kappa shape index (κ3) is 2.05. The van der Waals surface area contributed by atoms with Crippen molar-refractivity contribution in [2.75, 3.05) is 0 Å². The molecule has 7 heteroatoms. The monoisotopic (exact) mass is 269 g/mol. The molecular formula is C13H11N5O2. The maximum atomic E-state index is 10.6. The minimum atomic E-state index is -0.423. The van der Waals surface area contributed by atoms with Crippen molar-refractivity contribution in [3.8, 4) is 17.1 Å². The predicted octanol–water partition coefficient (Wildman–Crippen LogP) is 2.18. The number of nitro groups is 1. The zero-order valence-corrected chi connectivity index (χ0v) is 10.7. The van der Waals surface area contributed by atoms with Crippen molar-refractivity contribution in [3.05, 3.63) is 58.9 Å². The summed E-state index contributed by atoms with van der Waals surface area (Å²) >= 11 is 0. The van der Waals surface area contributed by atoms with Crippen LogP contribution in [0.1, 0.15) is 0 Å². The molecule has 0 spiro atoms. The normalized spacial score (nSPS) is 10.7. The second kappa shape index (κ2) is 4.61. The molecule has 0 saturated carbocycles. The zero-order chi connectivity index (χ0) is 14.1. The van der Waals surface area contributed by atoms with Crippen molar-refractivity contribution in [3.63, 3.8) is 0 Å². The Hall–Kier alpha value is -2.96. The fourth-order valence-electron chi connectivity index (χ4n) is 1.96. The Morgan fingerprint density at radius 1 is 1.15 bits per heavy atom. The number of aryl methyl sites for hydroxylation is 1. The van der Waals surface area contributed by atoms with Crippen LogP contribution in [0.5, 0.6) is 0 Å². The second-order valence-electron chi connectivity index (χ2n) is 4.26. The number of nitro benzene ring substituents is 1. The highest BCUT2D eigenvalue weighted by Gasteiger charge is 2.09. The lowest BCUT2D eigenvalue weighted by atomic mass is 10.3. The van der Waals surface area contributed by atoms with E-state index in [2.05, 4.69) is 10.2 Å². The van der Waals surface area contributed by atoms with Crippen LogP contribution >= 0.6 is 0 Å². The van der Waals surface area contributed by atoms with Crippen LogP contribution in [-0.4, -0.2) is 24.5 Å². The molecule has 3 aromatic rings. The first-order valence-electron chi connectivity index (χ1n) is 5.94. The number of benzene rings is 1. The summed E-state index contributed by atoms with van der Waals surface area (Å²) in [7, 11) is 1.85. The smallest absolute Gasteiger partial charge is 0.266 e. The molecule has 0 fully saturated rings. The predicted molar refractivity (Wildman–Crippen MR) is 72.4 cm³/mol. The molecular weight excluding hydrogens is 258 g/mol. The average molecular weight is 269 g/mol. The first-order chi connectivity index (χ1) is 9.65. The Morgan fingerprint density at radius 3 is 2.50 bits per heavy atom. The van der Waals surface area contributed by atoms with Gasteiger partial charge in [-0.15, -0.1) is 0 Å². The summed E-state index contributed by atoms with van der Waals surface area (Å²) in [6.45, 7) is 0. The number of nitrogens with zero attached hydrogens (tertiary/aromatic N) is 5. The van der Waals surface area contributed by atoms with Crippen LogP contribution in [0, 0.1) is 10.1 Å². The third-order valence-electron chi connectivity index (χ3n) is 3.00. The van der Waals surface area contributed by atoms with Gasteiger partial charge in [0, 0.05) is 31.6 Å². The highest BCUT2D eigenvalue weighted by Crippen LogP contribution is 2.19. The summed E-state index contributed by atoms with van der Waals surface area (Å²) in [4.78, 5) is 10.2. The van der Waals surface area contributed by atoms with E-state index in [-0.39, 0.29) is 5.69 Å².